The molecule has 1 aromatic heterocycles. The summed E-state index contributed by atoms with van der Waals surface area (Å²) in [6.45, 7) is 0. The number of anilines is 2. The molecular weight excluding hydrogens is 579 g/mol. The average molecular weight is 596 g/mol. The zero-order chi connectivity index (χ0) is 29.3. The molecule has 1 N–H and O–H groups in total. The lowest BCUT2D eigenvalue weighted by Crippen LogP contribution is -2.40. The second-order valence-corrected chi connectivity index (χ2v) is 12.3. The van der Waals surface area contributed by atoms with Crippen molar-refractivity contribution in [1.82, 2.24) is 4.98 Å². The number of imide groups is 1. The molecule has 6 rings (SSSR count). The Balaban J connectivity index is 1.37. The molecule has 0 aliphatic carbocycles. The van der Waals surface area contributed by atoms with Gasteiger partial charge in [0.15, 0.2) is 15.0 Å². The minimum Gasteiger partial charge on any atom is -0.298 e. The summed E-state index contributed by atoms with van der Waals surface area (Å²) >= 11 is 1.08. The van der Waals surface area contributed by atoms with E-state index in [0.717, 1.165) is 35.8 Å². The summed E-state index contributed by atoms with van der Waals surface area (Å²) in [5.41, 5.74) is -0.506. The molecule has 4 aromatic carbocycles. The fourth-order valence-corrected chi connectivity index (χ4v) is 6.33. The summed E-state index contributed by atoms with van der Waals surface area (Å²) in [7, 11) is -3.44. The van der Waals surface area contributed by atoms with Crippen LogP contribution in [0.15, 0.2) is 77.7 Å². The van der Waals surface area contributed by atoms with Crippen LogP contribution >= 0.6 is 11.3 Å². The maximum Gasteiger partial charge on any atom is 0.416 e. The first-order chi connectivity index (χ1) is 19.3. The number of alkyl halides is 3. The average Bonchev–Trinajstić information content (AvgIpc) is 3.32. The monoisotopic (exact) mass is 595 g/mol. The Morgan fingerprint density at radius 3 is 2.34 bits per heavy atom. The lowest BCUT2D eigenvalue weighted by molar-refractivity contribution is -0.137. The number of carbonyl (C=O) groups excluding carboxylic acids is 3. The van der Waals surface area contributed by atoms with E-state index < -0.39 is 39.3 Å². The summed E-state index contributed by atoms with van der Waals surface area (Å²) in [6.07, 6.45) is -3.58. The molecule has 3 amide bonds. The van der Waals surface area contributed by atoms with E-state index >= 15 is 0 Å². The number of halogens is 3. The minimum absolute atomic E-state index is 0.0532. The van der Waals surface area contributed by atoms with Crippen molar-refractivity contribution in [2.24, 2.45) is 0 Å². The van der Waals surface area contributed by atoms with Crippen LogP contribution in [-0.2, 0) is 16.0 Å². The SMILES string of the molecule is CS(=O)(=O)c1ccc2nc(NC(=O)c3ccc4c5c(cccc35)C(=O)N(c3cccc(C(F)(F)F)c3)C4=O)sc2c1. The number of amides is 3. The maximum atomic E-state index is 13.4. The quantitative estimate of drug-likeness (QED) is 0.258. The van der Waals surface area contributed by atoms with E-state index in [1.165, 1.54) is 48.5 Å². The zero-order valence-corrected chi connectivity index (χ0v) is 22.4. The summed E-state index contributed by atoms with van der Waals surface area (Å²) in [5, 5.41) is 3.39. The third-order valence-corrected chi connectivity index (χ3v) is 8.64. The third-order valence-electron chi connectivity index (χ3n) is 6.59. The molecule has 0 unspecified atom stereocenters. The number of thiazole rings is 1. The predicted molar refractivity (Wildman–Crippen MR) is 147 cm³/mol. The normalized spacial score (nSPS) is 13.7. The summed E-state index contributed by atoms with van der Waals surface area (Å²) in [4.78, 5) is 45.3. The van der Waals surface area contributed by atoms with Gasteiger partial charge < -0.3 is 0 Å². The van der Waals surface area contributed by atoms with Crippen LogP contribution in [0.25, 0.3) is 21.0 Å². The summed E-state index contributed by atoms with van der Waals surface area (Å²) < 4.78 is 64.2. The molecule has 0 atom stereocenters. The first-order valence-electron chi connectivity index (χ1n) is 11.9. The number of hydrogen-bond donors (Lipinski definition) is 1. The van der Waals surface area contributed by atoms with Crippen LogP contribution in [-0.4, -0.2) is 37.4 Å². The first-order valence-corrected chi connectivity index (χ1v) is 14.6. The van der Waals surface area contributed by atoms with Crippen molar-refractivity contribution in [2.45, 2.75) is 11.1 Å². The summed E-state index contributed by atoms with van der Waals surface area (Å²) in [6, 6.07) is 15.6. The van der Waals surface area contributed by atoms with Crippen molar-refractivity contribution >= 4 is 70.7 Å². The molecule has 8 nitrogen and oxygen atoms in total. The third kappa shape index (κ3) is 4.52. The number of rotatable bonds is 4. The van der Waals surface area contributed by atoms with E-state index in [2.05, 4.69) is 10.3 Å². The molecule has 13 heteroatoms. The Bertz CT molecular complexity index is 2050. The number of sulfone groups is 1. The van der Waals surface area contributed by atoms with Gasteiger partial charge in [-0.1, -0.05) is 29.5 Å². The van der Waals surface area contributed by atoms with Crippen LogP contribution in [0.4, 0.5) is 24.0 Å². The lowest BCUT2D eigenvalue weighted by Gasteiger charge is -2.28. The van der Waals surface area contributed by atoms with Gasteiger partial charge >= 0.3 is 6.18 Å². The second-order valence-electron chi connectivity index (χ2n) is 9.26. The first kappa shape index (κ1) is 26.6. The largest absolute Gasteiger partial charge is 0.416 e. The number of aromatic nitrogens is 1. The Kier molecular flexibility index (Phi) is 5.97. The fraction of sp³-hybridized carbons (Fsp3) is 0.0714. The van der Waals surface area contributed by atoms with Crippen molar-refractivity contribution in [3.05, 3.63) is 95.1 Å². The maximum absolute atomic E-state index is 13.4. The van der Waals surface area contributed by atoms with E-state index in [-0.39, 0.29) is 37.8 Å². The zero-order valence-electron chi connectivity index (χ0n) is 20.8. The van der Waals surface area contributed by atoms with E-state index in [1.54, 1.807) is 6.07 Å². The van der Waals surface area contributed by atoms with E-state index in [0.29, 0.717) is 20.5 Å². The highest BCUT2D eigenvalue weighted by Gasteiger charge is 2.37. The van der Waals surface area contributed by atoms with Crippen molar-refractivity contribution < 1.29 is 36.0 Å². The fourth-order valence-electron chi connectivity index (χ4n) is 4.70. The van der Waals surface area contributed by atoms with Gasteiger partial charge in [-0.3, -0.25) is 19.7 Å². The molecular formula is C28H16F3N3O5S2. The van der Waals surface area contributed by atoms with Crippen LogP contribution in [0.1, 0.15) is 36.6 Å². The molecule has 0 bridgehead atoms. The molecule has 206 valence electrons. The van der Waals surface area contributed by atoms with Crippen molar-refractivity contribution in [3.8, 4) is 0 Å². The Labute approximate surface area is 234 Å². The van der Waals surface area contributed by atoms with Gasteiger partial charge in [-0.15, -0.1) is 0 Å². The lowest BCUT2D eigenvalue weighted by atomic mass is 9.90. The number of nitrogens with zero attached hydrogens (tertiary/aromatic N) is 2. The number of fused-ring (bicyclic) bond motifs is 1. The van der Waals surface area contributed by atoms with Gasteiger partial charge in [-0.2, -0.15) is 13.2 Å². The van der Waals surface area contributed by atoms with Crippen molar-refractivity contribution in [3.63, 3.8) is 0 Å². The van der Waals surface area contributed by atoms with E-state index in [1.807, 2.05) is 0 Å². The van der Waals surface area contributed by atoms with Gasteiger partial charge in [0.25, 0.3) is 17.7 Å². The molecule has 1 aliphatic heterocycles. The second kappa shape index (κ2) is 9.21. The van der Waals surface area contributed by atoms with Crippen LogP contribution in [0, 0.1) is 0 Å². The highest BCUT2D eigenvalue weighted by atomic mass is 32.2. The number of nitrogens with one attached hydrogen (secondary N) is 1. The van der Waals surface area contributed by atoms with E-state index in [4.69, 9.17) is 0 Å². The van der Waals surface area contributed by atoms with Crippen LogP contribution in [0.3, 0.4) is 0 Å². The van der Waals surface area contributed by atoms with Gasteiger partial charge in [-0.25, -0.2) is 18.3 Å². The van der Waals surface area contributed by atoms with E-state index in [9.17, 15) is 36.0 Å². The molecule has 0 saturated carbocycles. The molecule has 0 spiro atoms. The van der Waals surface area contributed by atoms with Crippen molar-refractivity contribution in [2.75, 3.05) is 16.5 Å². The molecule has 41 heavy (non-hydrogen) atoms. The number of benzene rings is 4. The Morgan fingerprint density at radius 2 is 1.63 bits per heavy atom. The molecule has 0 radical (unpaired) electrons. The molecule has 5 aromatic rings. The molecule has 0 saturated heterocycles. The predicted octanol–water partition coefficient (Wildman–Crippen LogP) is 5.92. The van der Waals surface area contributed by atoms with Gasteiger partial charge in [-0.05, 0) is 60.0 Å². The van der Waals surface area contributed by atoms with Crippen molar-refractivity contribution in [1.29, 1.82) is 0 Å². The Morgan fingerprint density at radius 1 is 0.927 bits per heavy atom. The van der Waals surface area contributed by atoms with Gasteiger partial charge in [0, 0.05) is 28.3 Å². The van der Waals surface area contributed by atoms with Crippen LogP contribution in [0.2, 0.25) is 0 Å². The van der Waals surface area contributed by atoms with Crippen LogP contribution < -0.4 is 10.2 Å². The minimum atomic E-state index is -4.67. The topological polar surface area (TPSA) is 114 Å². The summed E-state index contributed by atoms with van der Waals surface area (Å²) in [5.74, 6) is -2.23. The number of hydrogen-bond acceptors (Lipinski definition) is 7. The molecule has 0 fully saturated rings. The van der Waals surface area contributed by atoms with Gasteiger partial charge in [0.2, 0.25) is 0 Å². The smallest absolute Gasteiger partial charge is 0.298 e. The standard InChI is InChI=1S/C28H16F3N3O5S2/c1-41(38,39)16-8-11-21-22(13-16)40-27(32-21)33-24(35)18-9-10-20-23-17(18)6-3-7-19(23)25(36)34(26(20)37)15-5-2-4-14(12-15)28(29,30)31/h2-13H,1H3,(H,32,33,35). The number of carbonyl (C=O) groups is 3. The Hall–Kier alpha value is -4.62. The molecule has 1 aliphatic rings. The highest BCUT2D eigenvalue weighted by Crippen LogP contribution is 2.37. The van der Waals surface area contributed by atoms with Gasteiger partial charge in [0.1, 0.15) is 0 Å². The highest BCUT2D eigenvalue weighted by molar-refractivity contribution is 7.90. The van der Waals surface area contributed by atoms with Gasteiger partial charge in [0.05, 0.1) is 26.4 Å². The molecule has 2 heterocycles. The van der Waals surface area contributed by atoms with Crippen LogP contribution in [0.5, 0.6) is 0 Å².